The third-order valence-corrected chi connectivity index (χ3v) is 5.69. The maximum atomic E-state index is 12.3. The molecule has 1 aromatic heterocycles. The average Bonchev–Trinajstić information content (AvgIpc) is 2.91. The van der Waals surface area contributed by atoms with E-state index in [-0.39, 0.29) is 5.75 Å². The Balaban J connectivity index is 1.68. The molecule has 1 heterocycles. The van der Waals surface area contributed by atoms with Crippen LogP contribution in [0.2, 0.25) is 0 Å². The Morgan fingerprint density at radius 3 is 2.45 bits per heavy atom. The van der Waals surface area contributed by atoms with Gasteiger partial charge in [0, 0.05) is 18.3 Å². The van der Waals surface area contributed by atoms with E-state index in [0.29, 0.717) is 17.9 Å². The Morgan fingerprint density at radius 1 is 0.955 bits per heavy atom. The average molecular weight is 313 g/mol. The maximum Gasteiger partial charge on any atom is 0.178 e. The number of hydrogen-bond donors (Lipinski definition) is 0. The minimum atomic E-state index is -3.20. The van der Waals surface area contributed by atoms with E-state index >= 15 is 0 Å². The Hall–Kier alpha value is -2.07. The normalized spacial score (nSPS) is 11.9. The molecule has 2 aromatic carbocycles. The standard InChI is InChI=1S/C18H19NO2S/c1-15-7-9-17(10-8-15)22(20,21)14-4-12-19-13-11-16-5-2-3-6-18(16)19/h2-3,5-11,13H,4,12,14H2,1H3. The SMILES string of the molecule is Cc1ccc(S(=O)(=O)CCCn2ccc3ccccc32)cc1. The van der Waals surface area contributed by atoms with Crippen LogP contribution in [-0.2, 0) is 16.4 Å². The number of rotatable bonds is 5. The van der Waals surface area contributed by atoms with Crippen molar-refractivity contribution in [3.63, 3.8) is 0 Å². The lowest BCUT2D eigenvalue weighted by Gasteiger charge is -2.07. The minimum absolute atomic E-state index is 0.169. The van der Waals surface area contributed by atoms with Gasteiger partial charge in [-0.3, -0.25) is 0 Å². The zero-order valence-electron chi connectivity index (χ0n) is 12.6. The number of benzene rings is 2. The van der Waals surface area contributed by atoms with Crippen LogP contribution >= 0.6 is 0 Å². The van der Waals surface area contributed by atoms with E-state index in [2.05, 4.69) is 22.8 Å². The molecule has 3 rings (SSSR count). The van der Waals surface area contributed by atoms with Crippen LogP contribution in [0.1, 0.15) is 12.0 Å². The summed E-state index contributed by atoms with van der Waals surface area (Å²) in [5, 5.41) is 1.18. The van der Waals surface area contributed by atoms with Crippen LogP contribution in [-0.4, -0.2) is 18.7 Å². The molecule has 0 aliphatic heterocycles. The fourth-order valence-corrected chi connectivity index (χ4v) is 3.92. The van der Waals surface area contributed by atoms with E-state index in [0.717, 1.165) is 11.1 Å². The van der Waals surface area contributed by atoms with Crippen LogP contribution in [0.5, 0.6) is 0 Å². The molecule has 0 aliphatic rings. The molecular formula is C18H19NO2S. The number of hydrogen-bond acceptors (Lipinski definition) is 2. The van der Waals surface area contributed by atoms with E-state index in [1.165, 1.54) is 5.39 Å². The summed E-state index contributed by atoms with van der Waals surface area (Å²) in [6.45, 7) is 2.66. The monoisotopic (exact) mass is 313 g/mol. The second-order valence-electron chi connectivity index (χ2n) is 5.55. The fraction of sp³-hybridized carbons (Fsp3) is 0.222. The summed E-state index contributed by atoms with van der Waals surface area (Å²) in [7, 11) is -3.20. The first-order valence-corrected chi connectivity index (χ1v) is 9.05. The lowest BCUT2D eigenvalue weighted by Crippen LogP contribution is -2.09. The smallest absolute Gasteiger partial charge is 0.178 e. The van der Waals surface area contributed by atoms with Gasteiger partial charge < -0.3 is 4.57 Å². The van der Waals surface area contributed by atoms with E-state index < -0.39 is 9.84 Å². The van der Waals surface area contributed by atoms with Gasteiger partial charge >= 0.3 is 0 Å². The summed E-state index contributed by atoms with van der Waals surface area (Å²) >= 11 is 0. The van der Waals surface area contributed by atoms with Crippen LogP contribution in [0, 0.1) is 6.92 Å². The van der Waals surface area contributed by atoms with E-state index in [9.17, 15) is 8.42 Å². The highest BCUT2D eigenvalue weighted by molar-refractivity contribution is 7.91. The van der Waals surface area contributed by atoms with Gasteiger partial charge in [0.15, 0.2) is 9.84 Å². The predicted octanol–water partition coefficient (Wildman–Crippen LogP) is 3.81. The number of nitrogens with zero attached hydrogens (tertiary/aromatic N) is 1. The van der Waals surface area contributed by atoms with Gasteiger partial charge in [-0.25, -0.2) is 8.42 Å². The number of fused-ring (bicyclic) bond motifs is 1. The van der Waals surface area contributed by atoms with Gasteiger partial charge in [-0.2, -0.15) is 0 Å². The summed E-state index contributed by atoms with van der Waals surface area (Å²) in [5.41, 5.74) is 2.22. The molecule has 0 amide bonds. The van der Waals surface area contributed by atoms with Crippen LogP contribution in [0.3, 0.4) is 0 Å². The molecule has 0 N–H and O–H groups in total. The first kappa shape index (κ1) is 14.9. The molecule has 4 heteroatoms. The summed E-state index contributed by atoms with van der Waals surface area (Å²) in [6.07, 6.45) is 2.62. The highest BCUT2D eigenvalue weighted by Crippen LogP contribution is 2.17. The van der Waals surface area contributed by atoms with Gasteiger partial charge in [-0.15, -0.1) is 0 Å². The molecule has 114 valence electrons. The largest absolute Gasteiger partial charge is 0.347 e. The molecule has 0 spiro atoms. The topological polar surface area (TPSA) is 39.1 Å². The number of para-hydroxylation sites is 1. The molecule has 0 bridgehead atoms. The first-order chi connectivity index (χ1) is 10.6. The zero-order valence-corrected chi connectivity index (χ0v) is 13.4. The third kappa shape index (κ3) is 3.07. The van der Waals surface area contributed by atoms with Crippen LogP contribution in [0.4, 0.5) is 0 Å². The highest BCUT2D eigenvalue weighted by atomic mass is 32.2. The van der Waals surface area contributed by atoms with Crippen molar-refractivity contribution in [2.24, 2.45) is 0 Å². The van der Waals surface area contributed by atoms with Crippen molar-refractivity contribution in [3.8, 4) is 0 Å². The van der Waals surface area contributed by atoms with E-state index in [1.54, 1.807) is 12.1 Å². The zero-order chi connectivity index (χ0) is 15.6. The highest BCUT2D eigenvalue weighted by Gasteiger charge is 2.13. The van der Waals surface area contributed by atoms with Gasteiger partial charge in [-0.05, 0) is 43.0 Å². The van der Waals surface area contributed by atoms with E-state index in [1.807, 2.05) is 37.4 Å². The molecule has 3 aromatic rings. The Kier molecular flexibility index (Phi) is 4.03. The molecule has 22 heavy (non-hydrogen) atoms. The lowest BCUT2D eigenvalue weighted by atomic mass is 10.2. The third-order valence-electron chi connectivity index (χ3n) is 3.87. The number of sulfone groups is 1. The molecule has 0 saturated carbocycles. The molecular weight excluding hydrogens is 294 g/mol. The van der Waals surface area contributed by atoms with Crippen molar-refractivity contribution in [2.75, 3.05) is 5.75 Å². The Morgan fingerprint density at radius 2 is 1.68 bits per heavy atom. The van der Waals surface area contributed by atoms with Crippen LogP contribution in [0.15, 0.2) is 65.7 Å². The van der Waals surface area contributed by atoms with Gasteiger partial charge in [0.05, 0.1) is 10.6 Å². The van der Waals surface area contributed by atoms with E-state index in [4.69, 9.17) is 0 Å². The molecule has 0 radical (unpaired) electrons. The van der Waals surface area contributed by atoms with Crippen molar-refractivity contribution < 1.29 is 8.42 Å². The Labute approximate surface area is 131 Å². The summed E-state index contributed by atoms with van der Waals surface area (Å²) in [5.74, 6) is 0.169. The quantitative estimate of drug-likeness (QED) is 0.718. The second kappa shape index (κ2) is 5.97. The molecule has 0 aliphatic carbocycles. The molecule has 0 atom stereocenters. The molecule has 3 nitrogen and oxygen atoms in total. The van der Waals surface area contributed by atoms with Crippen LogP contribution < -0.4 is 0 Å². The van der Waals surface area contributed by atoms with Crippen molar-refractivity contribution in [2.45, 2.75) is 24.8 Å². The first-order valence-electron chi connectivity index (χ1n) is 7.39. The number of aryl methyl sites for hydroxylation is 2. The van der Waals surface area contributed by atoms with Gasteiger partial charge in [-0.1, -0.05) is 35.9 Å². The summed E-state index contributed by atoms with van der Waals surface area (Å²) in [6, 6.07) is 17.3. The van der Waals surface area contributed by atoms with Crippen molar-refractivity contribution in [1.82, 2.24) is 4.57 Å². The summed E-state index contributed by atoms with van der Waals surface area (Å²) in [4.78, 5) is 0.412. The Bertz CT molecular complexity index is 877. The molecule has 0 unspecified atom stereocenters. The van der Waals surface area contributed by atoms with Gasteiger partial charge in [0.1, 0.15) is 0 Å². The molecule has 0 saturated heterocycles. The van der Waals surface area contributed by atoms with Gasteiger partial charge in [0.2, 0.25) is 0 Å². The minimum Gasteiger partial charge on any atom is -0.347 e. The molecule has 0 fully saturated rings. The van der Waals surface area contributed by atoms with Crippen LogP contribution in [0.25, 0.3) is 10.9 Å². The van der Waals surface area contributed by atoms with Crippen molar-refractivity contribution in [3.05, 3.63) is 66.4 Å². The number of aromatic nitrogens is 1. The van der Waals surface area contributed by atoms with Crippen molar-refractivity contribution in [1.29, 1.82) is 0 Å². The van der Waals surface area contributed by atoms with Gasteiger partial charge in [0.25, 0.3) is 0 Å². The van der Waals surface area contributed by atoms with Crippen molar-refractivity contribution >= 4 is 20.7 Å². The maximum absolute atomic E-state index is 12.3. The summed E-state index contributed by atoms with van der Waals surface area (Å²) < 4.78 is 26.8. The second-order valence-corrected chi connectivity index (χ2v) is 7.66. The fourth-order valence-electron chi connectivity index (χ4n) is 2.62. The predicted molar refractivity (Wildman–Crippen MR) is 89.8 cm³/mol. The lowest BCUT2D eigenvalue weighted by molar-refractivity contribution is 0.588.